The van der Waals surface area contributed by atoms with Gasteiger partial charge in [-0.1, -0.05) is 50.1 Å². The Balaban J connectivity index is 1.82. The van der Waals surface area contributed by atoms with Gasteiger partial charge < -0.3 is 5.32 Å². The summed E-state index contributed by atoms with van der Waals surface area (Å²) >= 11 is 0. The Kier molecular flexibility index (Phi) is 3.03. The van der Waals surface area contributed by atoms with Crippen molar-refractivity contribution in [2.45, 2.75) is 45.1 Å². The van der Waals surface area contributed by atoms with Crippen molar-refractivity contribution in [1.82, 2.24) is 5.32 Å². The molecule has 1 atom stereocenters. The third-order valence-electron chi connectivity index (χ3n) is 5.00. The molecule has 1 saturated carbocycles. The molecule has 1 nitrogen and oxygen atoms in total. The predicted molar refractivity (Wildman–Crippen MR) is 85.1 cm³/mol. The second-order valence-corrected chi connectivity index (χ2v) is 6.44. The Morgan fingerprint density at radius 1 is 1.10 bits per heavy atom. The van der Waals surface area contributed by atoms with Crippen LogP contribution in [0.15, 0.2) is 30.3 Å². The summed E-state index contributed by atoms with van der Waals surface area (Å²) in [5, 5.41) is 6.78. The van der Waals surface area contributed by atoms with Crippen molar-refractivity contribution in [2.24, 2.45) is 5.92 Å². The first-order valence-electron chi connectivity index (χ1n) is 8.13. The molecule has 1 unspecified atom stereocenters. The summed E-state index contributed by atoms with van der Waals surface area (Å²) in [6.45, 7) is 3.28. The van der Waals surface area contributed by atoms with E-state index >= 15 is 0 Å². The molecule has 0 bridgehead atoms. The van der Waals surface area contributed by atoms with Gasteiger partial charge in [0.15, 0.2) is 0 Å². The van der Waals surface area contributed by atoms with Crippen LogP contribution < -0.4 is 5.32 Å². The minimum atomic E-state index is 0.539. The van der Waals surface area contributed by atoms with E-state index in [1.807, 2.05) is 0 Å². The minimum Gasteiger partial charge on any atom is -0.310 e. The summed E-state index contributed by atoms with van der Waals surface area (Å²) in [5.74, 6) is 0.960. The average molecular weight is 265 g/mol. The van der Waals surface area contributed by atoms with Crippen LogP contribution in [0.5, 0.6) is 0 Å². The lowest BCUT2D eigenvalue weighted by Gasteiger charge is -2.21. The first-order chi connectivity index (χ1) is 9.86. The number of benzene rings is 2. The maximum absolute atomic E-state index is 3.72. The van der Waals surface area contributed by atoms with E-state index in [2.05, 4.69) is 42.6 Å². The molecule has 0 spiro atoms. The van der Waals surface area contributed by atoms with E-state index in [-0.39, 0.29) is 0 Å². The van der Waals surface area contributed by atoms with Crippen LogP contribution in [0.25, 0.3) is 10.8 Å². The van der Waals surface area contributed by atoms with Gasteiger partial charge in [0.2, 0.25) is 0 Å². The molecule has 1 N–H and O–H groups in total. The Morgan fingerprint density at radius 3 is 2.65 bits per heavy atom. The molecule has 1 heteroatoms. The SMILES string of the molecule is CCNC(CC1CC1)c1ccc2c3c(cccc13)CC2. The van der Waals surface area contributed by atoms with Crippen molar-refractivity contribution < 1.29 is 0 Å². The van der Waals surface area contributed by atoms with E-state index < -0.39 is 0 Å². The predicted octanol–water partition coefficient (Wildman–Crippen LogP) is 4.39. The van der Waals surface area contributed by atoms with Crippen molar-refractivity contribution in [3.63, 3.8) is 0 Å². The molecule has 1 fully saturated rings. The highest BCUT2D eigenvalue weighted by atomic mass is 14.9. The minimum absolute atomic E-state index is 0.539. The molecule has 2 aliphatic carbocycles. The van der Waals surface area contributed by atoms with Crippen LogP contribution in [0.3, 0.4) is 0 Å². The topological polar surface area (TPSA) is 12.0 Å². The van der Waals surface area contributed by atoms with Crippen LogP contribution in [0.1, 0.15) is 48.9 Å². The van der Waals surface area contributed by atoms with Crippen LogP contribution in [0.4, 0.5) is 0 Å². The first-order valence-corrected chi connectivity index (χ1v) is 8.13. The fourth-order valence-corrected chi connectivity index (χ4v) is 3.83. The molecule has 2 aromatic rings. The highest BCUT2D eigenvalue weighted by Crippen LogP contribution is 2.41. The number of nitrogens with one attached hydrogen (secondary N) is 1. The molecule has 2 aliphatic rings. The molecule has 0 heterocycles. The average Bonchev–Trinajstić information content (AvgIpc) is 3.19. The van der Waals surface area contributed by atoms with E-state index in [4.69, 9.17) is 0 Å². The summed E-state index contributed by atoms with van der Waals surface area (Å²) in [5.41, 5.74) is 4.64. The van der Waals surface area contributed by atoms with Gasteiger partial charge in [-0.15, -0.1) is 0 Å². The van der Waals surface area contributed by atoms with E-state index in [9.17, 15) is 0 Å². The monoisotopic (exact) mass is 265 g/mol. The zero-order valence-electron chi connectivity index (χ0n) is 12.3. The first kappa shape index (κ1) is 12.4. The highest BCUT2D eigenvalue weighted by molar-refractivity contribution is 5.93. The van der Waals surface area contributed by atoms with Crippen molar-refractivity contribution in [1.29, 1.82) is 0 Å². The number of rotatable bonds is 5. The second kappa shape index (κ2) is 4.89. The van der Waals surface area contributed by atoms with Crippen molar-refractivity contribution in [3.8, 4) is 0 Å². The van der Waals surface area contributed by atoms with Crippen molar-refractivity contribution in [3.05, 3.63) is 47.0 Å². The summed E-state index contributed by atoms with van der Waals surface area (Å²) in [7, 11) is 0. The smallest absolute Gasteiger partial charge is 0.0328 e. The van der Waals surface area contributed by atoms with Crippen LogP contribution in [0.2, 0.25) is 0 Å². The van der Waals surface area contributed by atoms with Crippen LogP contribution >= 0.6 is 0 Å². The summed E-state index contributed by atoms with van der Waals surface area (Å²) in [6.07, 6.45) is 6.63. The summed E-state index contributed by atoms with van der Waals surface area (Å²) < 4.78 is 0. The number of hydrogen-bond donors (Lipinski definition) is 1. The molecule has 0 saturated heterocycles. The molecular formula is C19H23N. The number of hydrogen-bond acceptors (Lipinski definition) is 1. The molecule has 0 aliphatic heterocycles. The van der Waals surface area contributed by atoms with Gasteiger partial charge in [0, 0.05) is 6.04 Å². The van der Waals surface area contributed by atoms with Crippen molar-refractivity contribution >= 4 is 10.8 Å². The quantitative estimate of drug-likeness (QED) is 0.845. The van der Waals surface area contributed by atoms with Crippen LogP contribution in [0, 0.1) is 5.92 Å². The van der Waals surface area contributed by atoms with Gasteiger partial charge in [-0.3, -0.25) is 0 Å². The number of aryl methyl sites for hydroxylation is 2. The van der Waals surface area contributed by atoms with Gasteiger partial charge in [0.25, 0.3) is 0 Å². The highest BCUT2D eigenvalue weighted by Gasteiger charge is 2.27. The van der Waals surface area contributed by atoms with Gasteiger partial charge in [-0.25, -0.2) is 0 Å². The van der Waals surface area contributed by atoms with Gasteiger partial charge in [0.1, 0.15) is 0 Å². The fourth-order valence-electron chi connectivity index (χ4n) is 3.83. The lowest BCUT2D eigenvalue weighted by molar-refractivity contribution is 0.489. The molecule has 0 radical (unpaired) electrons. The van der Waals surface area contributed by atoms with E-state index in [0.717, 1.165) is 12.5 Å². The van der Waals surface area contributed by atoms with E-state index in [1.54, 1.807) is 16.5 Å². The van der Waals surface area contributed by atoms with Crippen LogP contribution in [-0.2, 0) is 12.8 Å². The molecule has 0 amide bonds. The van der Waals surface area contributed by atoms with E-state index in [0.29, 0.717) is 6.04 Å². The molecule has 2 aromatic carbocycles. The summed E-state index contributed by atoms with van der Waals surface area (Å²) in [6, 6.07) is 12.2. The maximum atomic E-state index is 3.72. The molecule has 20 heavy (non-hydrogen) atoms. The third kappa shape index (κ3) is 2.05. The maximum Gasteiger partial charge on any atom is 0.0328 e. The lowest BCUT2D eigenvalue weighted by Crippen LogP contribution is -2.21. The molecule has 4 rings (SSSR count). The Bertz CT molecular complexity index is 629. The largest absolute Gasteiger partial charge is 0.310 e. The molecule has 104 valence electrons. The Hall–Kier alpha value is -1.34. The molecular weight excluding hydrogens is 242 g/mol. The van der Waals surface area contributed by atoms with Gasteiger partial charge in [0.05, 0.1) is 0 Å². The van der Waals surface area contributed by atoms with E-state index in [1.165, 1.54) is 43.1 Å². The van der Waals surface area contributed by atoms with Crippen molar-refractivity contribution in [2.75, 3.05) is 6.54 Å². The summed E-state index contributed by atoms with van der Waals surface area (Å²) in [4.78, 5) is 0. The fraction of sp³-hybridized carbons (Fsp3) is 0.474. The zero-order chi connectivity index (χ0) is 13.5. The Labute approximate surface area is 121 Å². The third-order valence-corrected chi connectivity index (χ3v) is 5.00. The normalized spacial score (nSPS) is 18.6. The van der Waals surface area contributed by atoms with Gasteiger partial charge >= 0.3 is 0 Å². The second-order valence-electron chi connectivity index (χ2n) is 6.44. The van der Waals surface area contributed by atoms with Crippen LogP contribution in [-0.4, -0.2) is 6.54 Å². The molecule has 0 aromatic heterocycles. The Morgan fingerprint density at radius 2 is 1.90 bits per heavy atom. The van der Waals surface area contributed by atoms with Gasteiger partial charge in [-0.2, -0.15) is 0 Å². The van der Waals surface area contributed by atoms with Gasteiger partial charge in [-0.05, 0) is 59.2 Å². The lowest BCUT2D eigenvalue weighted by atomic mass is 9.93. The standard InChI is InChI=1S/C19H23N/c1-2-20-18(12-13-6-7-13)16-11-10-15-9-8-14-4-3-5-17(16)19(14)15/h3-5,10-11,13,18,20H,2,6-9,12H2,1H3. The zero-order valence-corrected chi connectivity index (χ0v) is 12.3.